The van der Waals surface area contributed by atoms with E-state index >= 15 is 0 Å². The van der Waals surface area contributed by atoms with E-state index in [0.717, 1.165) is 16.7 Å². The number of ketones is 1. The van der Waals surface area contributed by atoms with Gasteiger partial charge in [0.2, 0.25) is 0 Å². The minimum absolute atomic E-state index is 0.00945. The van der Waals surface area contributed by atoms with Gasteiger partial charge in [0.15, 0.2) is 5.78 Å². The van der Waals surface area contributed by atoms with Crippen LogP contribution in [0.4, 0.5) is 0 Å². The number of benzene rings is 2. The first kappa shape index (κ1) is 12.8. The highest BCUT2D eigenvalue weighted by molar-refractivity contribution is 6.09. The summed E-state index contributed by atoms with van der Waals surface area (Å²) in [4.78, 5) is 12.1. The number of rotatable bonds is 2. The van der Waals surface area contributed by atoms with Gasteiger partial charge in [0, 0.05) is 12.0 Å². The zero-order chi connectivity index (χ0) is 14.2. The number of hydrogen-bond donors (Lipinski definition) is 1. The number of allylic oxidation sites excluding steroid dienone is 1. The molecule has 20 heavy (non-hydrogen) atoms. The van der Waals surface area contributed by atoms with Crippen LogP contribution in [0.15, 0.2) is 66.2 Å². The molecule has 100 valence electrons. The molecule has 0 heterocycles. The lowest BCUT2D eigenvalue weighted by Crippen LogP contribution is -2.25. The Hall–Kier alpha value is -2.19. The van der Waals surface area contributed by atoms with Crippen molar-refractivity contribution in [3.05, 3.63) is 77.4 Å². The molecule has 0 fully saturated rings. The minimum atomic E-state index is -1.22. The first-order chi connectivity index (χ1) is 9.63. The van der Waals surface area contributed by atoms with Gasteiger partial charge in [-0.1, -0.05) is 60.7 Å². The zero-order valence-corrected chi connectivity index (χ0v) is 11.3. The average molecular weight is 264 g/mol. The summed E-state index contributed by atoms with van der Waals surface area (Å²) in [5.41, 5.74) is 1.84. The van der Waals surface area contributed by atoms with Crippen molar-refractivity contribution < 1.29 is 9.90 Å². The van der Waals surface area contributed by atoms with Crippen molar-refractivity contribution in [2.45, 2.75) is 18.9 Å². The normalized spacial score (nSPS) is 22.4. The number of Topliss-reactive ketones (excluding diaryl/α,β-unsaturated/α-hetero) is 1. The van der Waals surface area contributed by atoms with Gasteiger partial charge in [0.25, 0.3) is 0 Å². The Morgan fingerprint density at radius 3 is 2.10 bits per heavy atom. The molecule has 0 radical (unpaired) electrons. The lowest BCUT2D eigenvalue weighted by Gasteiger charge is -2.27. The molecule has 0 saturated carbocycles. The molecule has 2 heteroatoms. The molecule has 0 bridgehead atoms. The predicted octanol–water partition coefficient (Wildman–Crippen LogP) is 3.32. The van der Waals surface area contributed by atoms with Crippen LogP contribution in [0, 0.1) is 0 Å². The fraction of sp³-hybridized carbons (Fsp3) is 0.167. The van der Waals surface area contributed by atoms with Gasteiger partial charge in [-0.2, -0.15) is 0 Å². The third-order valence-electron chi connectivity index (χ3n) is 3.94. The van der Waals surface area contributed by atoms with Crippen molar-refractivity contribution in [1.29, 1.82) is 0 Å². The topological polar surface area (TPSA) is 37.3 Å². The first-order valence-electron chi connectivity index (χ1n) is 6.71. The van der Waals surface area contributed by atoms with Crippen molar-refractivity contribution >= 4 is 11.4 Å². The Morgan fingerprint density at radius 1 is 0.950 bits per heavy atom. The molecule has 1 aliphatic carbocycles. The molecular weight excluding hydrogens is 248 g/mol. The van der Waals surface area contributed by atoms with Gasteiger partial charge >= 0.3 is 0 Å². The van der Waals surface area contributed by atoms with Gasteiger partial charge in [-0.15, -0.1) is 0 Å². The molecule has 3 rings (SSSR count). The molecule has 1 aliphatic rings. The van der Waals surface area contributed by atoms with E-state index < -0.39 is 5.60 Å². The molecular formula is C18H16O2. The second-order valence-electron chi connectivity index (χ2n) is 5.19. The highest BCUT2D eigenvalue weighted by Crippen LogP contribution is 2.46. The SMILES string of the molecule is CC1=C(c2ccccc2)[C@](O)(c2ccccc2)CC1=O. The van der Waals surface area contributed by atoms with Crippen molar-refractivity contribution in [1.82, 2.24) is 0 Å². The fourth-order valence-corrected chi connectivity index (χ4v) is 2.92. The quantitative estimate of drug-likeness (QED) is 0.903. The standard InChI is InChI=1S/C18H16O2/c1-13-16(19)12-18(20,15-10-6-3-7-11-15)17(13)14-8-4-2-5-9-14/h2-11,20H,12H2,1H3/t18-/m1/s1. The van der Waals surface area contributed by atoms with Crippen molar-refractivity contribution in [3.63, 3.8) is 0 Å². The van der Waals surface area contributed by atoms with Gasteiger partial charge in [0.05, 0.1) is 0 Å². The largest absolute Gasteiger partial charge is 0.380 e. The van der Waals surface area contributed by atoms with Crippen molar-refractivity contribution in [3.8, 4) is 0 Å². The van der Waals surface area contributed by atoms with E-state index in [2.05, 4.69) is 0 Å². The Morgan fingerprint density at radius 2 is 1.50 bits per heavy atom. The van der Waals surface area contributed by atoms with Crippen LogP contribution in [0.3, 0.4) is 0 Å². The zero-order valence-electron chi connectivity index (χ0n) is 11.3. The van der Waals surface area contributed by atoms with Crippen molar-refractivity contribution in [2.24, 2.45) is 0 Å². The molecule has 0 unspecified atom stereocenters. The number of hydrogen-bond acceptors (Lipinski definition) is 2. The third-order valence-corrected chi connectivity index (χ3v) is 3.94. The summed E-state index contributed by atoms with van der Waals surface area (Å²) < 4.78 is 0. The smallest absolute Gasteiger partial charge is 0.162 e. The molecule has 2 aromatic rings. The molecule has 1 atom stereocenters. The molecule has 0 aliphatic heterocycles. The molecule has 0 spiro atoms. The van der Waals surface area contributed by atoms with Crippen LogP contribution >= 0.6 is 0 Å². The summed E-state index contributed by atoms with van der Waals surface area (Å²) in [5.74, 6) is 0.00945. The van der Waals surface area contributed by atoms with E-state index in [0.29, 0.717) is 5.57 Å². The molecule has 0 amide bonds. The van der Waals surface area contributed by atoms with E-state index in [4.69, 9.17) is 0 Å². The Balaban J connectivity index is 2.20. The summed E-state index contributed by atoms with van der Waals surface area (Å²) in [6.45, 7) is 1.80. The predicted molar refractivity (Wildman–Crippen MR) is 79.0 cm³/mol. The van der Waals surface area contributed by atoms with E-state index in [-0.39, 0.29) is 12.2 Å². The lowest BCUT2D eigenvalue weighted by molar-refractivity contribution is -0.117. The lowest BCUT2D eigenvalue weighted by atomic mass is 9.83. The van der Waals surface area contributed by atoms with E-state index in [9.17, 15) is 9.90 Å². The van der Waals surface area contributed by atoms with Crippen LogP contribution in [-0.4, -0.2) is 10.9 Å². The van der Waals surface area contributed by atoms with Gasteiger partial charge in [-0.3, -0.25) is 4.79 Å². The van der Waals surface area contributed by atoms with Crippen molar-refractivity contribution in [2.75, 3.05) is 0 Å². The van der Waals surface area contributed by atoms with Gasteiger partial charge in [-0.25, -0.2) is 0 Å². The molecule has 1 N–H and O–H groups in total. The maximum Gasteiger partial charge on any atom is 0.162 e. The van der Waals surface area contributed by atoms with Crippen LogP contribution in [0.2, 0.25) is 0 Å². The van der Waals surface area contributed by atoms with Crippen LogP contribution < -0.4 is 0 Å². The summed E-state index contributed by atoms with van der Waals surface area (Å²) in [6.07, 6.45) is 0.118. The van der Waals surface area contributed by atoms with Crippen LogP contribution in [0.1, 0.15) is 24.5 Å². The highest BCUT2D eigenvalue weighted by atomic mass is 16.3. The molecule has 2 nitrogen and oxygen atoms in total. The third kappa shape index (κ3) is 1.89. The van der Waals surface area contributed by atoms with Crippen LogP contribution in [-0.2, 0) is 10.4 Å². The number of carbonyl (C=O) groups is 1. The second kappa shape index (κ2) is 4.73. The Kier molecular flexibility index (Phi) is 3.03. The minimum Gasteiger partial charge on any atom is -0.380 e. The maximum atomic E-state index is 12.1. The number of aliphatic hydroxyl groups is 1. The first-order valence-corrected chi connectivity index (χ1v) is 6.71. The second-order valence-corrected chi connectivity index (χ2v) is 5.19. The molecule has 0 saturated heterocycles. The van der Waals surface area contributed by atoms with Gasteiger partial charge < -0.3 is 5.11 Å². The fourth-order valence-electron chi connectivity index (χ4n) is 2.92. The summed E-state index contributed by atoms with van der Waals surface area (Å²) in [7, 11) is 0. The van der Waals surface area contributed by atoms with Gasteiger partial charge in [-0.05, 0) is 23.6 Å². The number of carbonyl (C=O) groups excluding carboxylic acids is 1. The summed E-state index contributed by atoms with van der Waals surface area (Å²) >= 11 is 0. The van der Waals surface area contributed by atoms with Crippen LogP contribution in [0.25, 0.3) is 5.57 Å². The van der Waals surface area contributed by atoms with Gasteiger partial charge in [0.1, 0.15) is 5.60 Å². The maximum absolute atomic E-state index is 12.1. The van der Waals surface area contributed by atoms with E-state index in [1.165, 1.54) is 0 Å². The Bertz CT molecular complexity index is 671. The monoisotopic (exact) mass is 264 g/mol. The summed E-state index contributed by atoms with van der Waals surface area (Å²) in [5, 5.41) is 11.1. The molecule has 2 aromatic carbocycles. The summed E-state index contributed by atoms with van der Waals surface area (Å²) in [6, 6.07) is 19.1. The van der Waals surface area contributed by atoms with E-state index in [1.807, 2.05) is 60.7 Å². The average Bonchev–Trinajstić information content (AvgIpc) is 2.72. The molecule has 0 aromatic heterocycles. The van der Waals surface area contributed by atoms with Crippen LogP contribution in [0.5, 0.6) is 0 Å². The van der Waals surface area contributed by atoms with E-state index in [1.54, 1.807) is 6.92 Å². The highest BCUT2D eigenvalue weighted by Gasteiger charge is 2.44. The Labute approximate surface area is 118 Å².